The van der Waals surface area contributed by atoms with Crippen LogP contribution >= 0.6 is 11.3 Å². The van der Waals surface area contributed by atoms with E-state index >= 15 is 0 Å². The number of aromatic nitrogens is 1. The monoisotopic (exact) mass is 401 g/mol. The van der Waals surface area contributed by atoms with Gasteiger partial charge in [-0.05, 0) is 25.0 Å². The number of hydrogen-bond donors (Lipinski definition) is 1. The molecule has 1 saturated heterocycles. The molecule has 6 nitrogen and oxygen atoms in total. The van der Waals surface area contributed by atoms with E-state index in [4.69, 9.17) is 0 Å². The molecule has 0 bridgehead atoms. The number of alkyl halides is 3. The van der Waals surface area contributed by atoms with Crippen LogP contribution in [0.25, 0.3) is 10.2 Å². The maximum absolute atomic E-state index is 12.5. The van der Waals surface area contributed by atoms with Gasteiger partial charge >= 0.3 is 6.36 Å². The van der Waals surface area contributed by atoms with E-state index in [1.54, 1.807) is 11.8 Å². The van der Waals surface area contributed by atoms with Crippen LogP contribution in [-0.2, 0) is 9.59 Å². The van der Waals surface area contributed by atoms with E-state index in [0.29, 0.717) is 41.3 Å². The Morgan fingerprint density at radius 3 is 2.89 bits per heavy atom. The molecule has 27 heavy (non-hydrogen) atoms. The van der Waals surface area contributed by atoms with Crippen molar-refractivity contribution in [1.82, 2.24) is 9.88 Å². The van der Waals surface area contributed by atoms with Crippen molar-refractivity contribution in [3.8, 4) is 5.75 Å². The Bertz CT molecular complexity index is 853. The van der Waals surface area contributed by atoms with Crippen LogP contribution in [0.3, 0.4) is 0 Å². The highest BCUT2D eigenvalue weighted by molar-refractivity contribution is 7.22. The van der Waals surface area contributed by atoms with Crippen LogP contribution in [0.15, 0.2) is 18.2 Å². The SMILES string of the molecule is CCC(=O)N1CCCC(C(=O)Nc2nc3ccc(OC(F)(F)F)cc3s2)C1. The molecule has 1 aromatic carbocycles. The van der Waals surface area contributed by atoms with E-state index in [1.165, 1.54) is 18.2 Å². The molecule has 3 rings (SSSR count). The van der Waals surface area contributed by atoms with Gasteiger partial charge in [0.2, 0.25) is 11.8 Å². The number of ether oxygens (including phenoxy) is 1. The number of anilines is 1. The van der Waals surface area contributed by atoms with Crippen LogP contribution < -0.4 is 10.1 Å². The van der Waals surface area contributed by atoms with E-state index in [0.717, 1.165) is 17.8 Å². The molecule has 1 fully saturated rings. The molecular weight excluding hydrogens is 383 g/mol. The number of rotatable bonds is 4. The van der Waals surface area contributed by atoms with Crippen LogP contribution in [-0.4, -0.2) is 41.2 Å². The summed E-state index contributed by atoms with van der Waals surface area (Å²) in [5.41, 5.74) is 0.469. The van der Waals surface area contributed by atoms with E-state index in [9.17, 15) is 22.8 Å². The normalized spacial score (nSPS) is 17.8. The Morgan fingerprint density at radius 1 is 1.41 bits per heavy atom. The molecule has 2 amide bonds. The third kappa shape index (κ3) is 4.88. The van der Waals surface area contributed by atoms with Crippen molar-refractivity contribution >= 4 is 38.5 Å². The van der Waals surface area contributed by atoms with Gasteiger partial charge in [0.1, 0.15) is 5.75 Å². The number of fused-ring (bicyclic) bond motifs is 1. The maximum Gasteiger partial charge on any atom is 0.573 e. The van der Waals surface area contributed by atoms with Gasteiger partial charge in [-0.25, -0.2) is 4.98 Å². The first-order valence-electron chi connectivity index (χ1n) is 8.50. The molecule has 1 aromatic heterocycles. The fraction of sp³-hybridized carbons (Fsp3) is 0.471. The summed E-state index contributed by atoms with van der Waals surface area (Å²) >= 11 is 1.07. The second-order valence-corrected chi connectivity index (χ2v) is 7.25. The minimum absolute atomic E-state index is 0.0182. The van der Waals surface area contributed by atoms with Crippen LogP contribution in [0.5, 0.6) is 5.75 Å². The maximum atomic E-state index is 12.5. The van der Waals surface area contributed by atoms with Crippen molar-refractivity contribution in [2.75, 3.05) is 18.4 Å². The Balaban J connectivity index is 1.68. The Labute approximate surface area is 157 Å². The summed E-state index contributed by atoms with van der Waals surface area (Å²) in [4.78, 5) is 30.2. The van der Waals surface area contributed by atoms with Gasteiger partial charge in [-0.2, -0.15) is 0 Å². The van der Waals surface area contributed by atoms with E-state index in [2.05, 4.69) is 15.0 Å². The van der Waals surface area contributed by atoms with E-state index < -0.39 is 6.36 Å². The van der Waals surface area contributed by atoms with Crippen molar-refractivity contribution in [2.45, 2.75) is 32.5 Å². The van der Waals surface area contributed by atoms with Gasteiger partial charge in [0, 0.05) is 25.6 Å². The van der Waals surface area contributed by atoms with Gasteiger partial charge in [0.15, 0.2) is 5.13 Å². The lowest BCUT2D eigenvalue weighted by molar-refractivity contribution is -0.274. The molecule has 146 valence electrons. The van der Waals surface area contributed by atoms with Crippen LogP contribution in [0, 0.1) is 5.92 Å². The Kier molecular flexibility index (Phi) is 5.54. The van der Waals surface area contributed by atoms with Crippen LogP contribution in [0.2, 0.25) is 0 Å². The fourth-order valence-corrected chi connectivity index (χ4v) is 3.90. The number of carbonyl (C=O) groups is 2. The summed E-state index contributed by atoms with van der Waals surface area (Å²) in [6, 6.07) is 3.82. The number of hydrogen-bond acceptors (Lipinski definition) is 5. The number of benzene rings is 1. The van der Waals surface area contributed by atoms with Gasteiger partial charge in [0.25, 0.3) is 0 Å². The predicted octanol–water partition coefficient (Wildman–Crippen LogP) is 3.78. The molecule has 1 N–H and O–H groups in total. The molecule has 0 aliphatic carbocycles. The fourth-order valence-electron chi connectivity index (χ4n) is 3.00. The summed E-state index contributed by atoms with van der Waals surface area (Å²) in [7, 11) is 0. The lowest BCUT2D eigenvalue weighted by Gasteiger charge is -2.31. The van der Waals surface area contributed by atoms with Crippen molar-refractivity contribution in [3.05, 3.63) is 18.2 Å². The molecule has 2 aromatic rings. The van der Waals surface area contributed by atoms with Gasteiger partial charge in [-0.1, -0.05) is 18.3 Å². The van der Waals surface area contributed by atoms with Gasteiger partial charge in [-0.15, -0.1) is 13.2 Å². The number of amides is 2. The van der Waals surface area contributed by atoms with E-state index in [1.807, 2.05) is 0 Å². The first kappa shape index (κ1) is 19.4. The molecule has 0 saturated carbocycles. The summed E-state index contributed by atoms with van der Waals surface area (Å²) in [6.45, 7) is 2.80. The lowest BCUT2D eigenvalue weighted by Crippen LogP contribution is -2.43. The minimum Gasteiger partial charge on any atom is -0.406 e. The molecular formula is C17H18F3N3O3S. The van der Waals surface area contributed by atoms with Crippen LogP contribution in [0.1, 0.15) is 26.2 Å². The highest BCUT2D eigenvalue weighted by atomic mass is 32.1. The molecule has 1 atom stereocenters. The molecule has 0 radical (unpaired) electrons. The third-order valence-corrected chi connectivity index (χ3v) is 5.20. The average Bonchev–Trinajstić information content (AvgIpc) is 3.01. The lowest BCUT2D eigenvalue weighted by atomic mass is 9.97. The molecule has 2 heterocycles. The molecule has 1 unspecified atom stereocenters. The molecule has 1 aliphatic heterocycles. The number of nitrogens with one attached hydrogen (secondary N) is 1. The summed E-state index contributed by atoms with van der Waals surface area (Å²) in [6.07, 6.45) is -2.94. The zero-order valence-corrected chi connectivity index (χ0v) is 15.3. The minimum atomic E-state index is -4.77. The number of likely N-dealkylation sites (tertiary alicyclic amines) is 1. The smallest absolute Gasteiger partial charge is 0.406 e. The van der Waals surface area contributed by atoms with Crippen molar-refractivity contribution < 1.29 is 27.5 Å². The second-order valence-electron chi connectivity index (χ2n) is 6.22. The first-order valence-corrected chi connectivity index (χ1v) is 9.32. The van der Waals surface area contributed by atoms with E-state index in [-0.39, 0.29) is 23.5 Å². The highest BCUT2D eigenvalue weighted by Gasteiger charge is 2.31. The number of piperidine rings is 1. The quantitative estimate of drug-likeness (QED) is 0.846. The van der Waals surface area contributed by atoms with Crippen molar-refractivity contribution in [1.29, 1.82) is 0 Å². The van der Waals surface area contributed by atoms with Crippen LogP contribution in [0.4, 0.5) is 18.3 Å². The Hall–Kier alpha value is -2.36. The Morgan fingerprint density at radius 2 is 2.19 bits per heavy atom. The predicted molar refractivity (Wildman–Crippen MR) is 94.5 cm³/mol. The summed E-state index contributed by atoms with van der Waals surface area (Å²) < 4.78 is 41.3. The van der Waals surface area contributed by atoms with Gasteiger partial charge in [-0.3, -0.25) is 9.59 Å². The largest absolute Gasteiger partial charge is 0.573 e. The van der Waals surface area contributed by atoms with Crippen molar-refractivity contribution in [2.24, 2.45) is 5.92 Å². The topological polar surface area (TPSA) is 71.5 Å². The second kappa shape index (κ2) is 7.71. The molecule has 10 heteroatoms. The van der Waals surface area contributed by atoms with Gasteiger partial charge in [0.05, 0.1) is 16.1 Å². The molecule has 0 spiro atoms. The highest BCUT2D eigenvalue weighted by Crippen LogP contribution is 2.32. The zero-order valence-electron chi connectivity index (χ0n) is 14.5. The summed E-state index contributed by atoms with van der Waals surface area (Å²) in [5, 5.41) is 3.02. The average molecular weight is 401 g/mol. The zero-order chi connectivity index (χ0) is 19.6. The number of halogens is 3. The number of nitrogens with zero attached hydrogens (tertiary/aromatic N) is 2. The summed E-state index contributed by atoms with van der Waals surface area (Å²) in [5.74, 6) is -0.887. The number of thiazole rings is 1. The number of carbonyl (C=O) groups excluding carboxylic acids is 2. The van der Waals surface area contributed by atoms with Crippen molar-refractivity contribution in [3.63, 3.8) is 0 Å². The third-order valence-electron chi connectivity index (χ3n) is 4.27. The van der Waals surface area contributed by atoms with Gasteiger partial charge < -0.3 is 15.0 Å². The first-order chi connectivity index (χ1) is 12.7. The standard InChI is InChI=1S/C17H18F3N3O3S/c1-2-14(24)23-7-3-4-10(9-23)15(25)22-16-21-12-6-5-11(8-13(12)27-16)26-17(18,19)20/h5-6,8,10H,2-4,7,9H2,1H3,(H,21,22,25). The molecule has 1 aliphatic rings.